The van der Waals surface area contributed by atoms with Gasteiger partial charge in [-0.1, -0.05) is 19.1 Å². The molecule has 0 aliphatic heterocycles. The second kappa shape index (κ2) is 9.30. The predicted octanol–water partition coefficient (Wildman–Crippen LogP) is 6.48. The van der Waals surface area contributed by atoms with Gasteiger partial charge in [-0.3, -0.25) is 4.98 Å². The minimum atomic E-state index is -0.766. The fourth-order valence-corrected chi connectivity index (χ4v) is 4.21. The Balaban J connectivity index is 2.31. The van der Waals surface area contributed by atoms with Crippen LogP contribution in [-0.4, -0.2) is 23.2 Å². The average Bonchev–Trinajstić information content (AvgIpc) is 2.71. The number of pyridine rings is 1. The Kier molecular flexibility index (Phi) is 6.97. The van der Waals surface area contributed by atoms with Crippen molar-refractivity contribution in [3.8, 4) is 0 Å². The van der Waals surface area contributed by atoms with Gasteiger partial charge < -0.3 is 9.47 Å². The van der Waals surface area contributed by atoms with Crippen molar-refractivity contribution >= 4 is 22.4 Å². The molecule has 162 valence electrons. The summed E-state index contributed by atoms with van der Waals surface area (Å²) in [6, 6.07) is 6.35. The van der Waals surface area contributed by atoms with E-state index in [0.29, 0.717) is 6.61 Å². The van der Waals surface area contributed by atoms with Gasteiger partial charge in [-0.05, 0) is 95.6 Å². The number of allylic oxidation sites excluding steroid dienone is 2. The smallest absolute Gasteiger partial charge is 0.339 e. The predicted molar refractivity (Wildman–Crippen MR) is 123 cm³/mol. The molecule has 1 aliphatic rings. The fourth-order valence-electron chi connectivity index (χ4n) is 4.21. The lowest BCUT2D eigenvalue weighted by Crippen LogP contribution is -2.30. The Morgan fingerprint density at radius 1 is 1.20 bits per heavy atom. The van der Waals surface area contributed by atoms with Crippen LogP contribution in [0, 0.1) is 6.92 Å². The van der Waals surface area contributed by atoms with E-state index in [0.717, 1.165) is 59.0 Å². The normalized spacial score (nSPS) is 15.7. The van der Waals surface area contributed by atoms with Crippen LogP contribution < -0.4 is 0 Å². The Labute approximate surface area is 180 Å². The highest BCUT2D eigenvalue weighted by Gasteiger charge is 2.33. The largest absolute Gasteiger partial charge is 0.464 e. The summed E-state index contributed by atoms with van der Waals surface area (Å²) in [6.45, 7) is 12.3. The molecule has 1 aromatic heterocycles. The van der Waals surface area contributed by atoms with Gasteiger partial charge in [-0.25, -0.2) is 4.79 Å². The van der Waals surface area contributed by atoms with Crippen LogP contribution >= 0.6 is 0 Å². The molecule has 30 heavy (non-hydrogen) atoms. The zero-order chi connectivity index (χ0) is 21.9. The maximum Gasteiger partial charge on any atom is 0.339 e. The minimum absolute atomic E-state index is 0.328. The van der Waals surface area contributed by atoms with Gasteiger partial charge in [0.15, 0.2) is 6.10 Å². The molecule has 1 aliphatic carbocycles. The summed E-state index contributed by atoms with van der Waals surface area (Å²) in [5, 5.41) is 1.09. The van der Waals surface area contributed by atoms with Crippen molar-refractivity contribution in [2.24, 2.45) is 0 Å². The summed E-state index contributed by atoms with van der Waals surface area (Å²) in [6.07, 6.45) is 6.90. The molecule has 0 spiro atoms. The van der Waals surface area contributed by atoms with Crippen LogP contribution in [0.2, 0.25) is 0 Å². The van der Waals surface area contributed by atoms with E-state index in [9.17, 15) is 4.79 Å². The lowest BCUT2D eigenvalue weighted by atomic mass is 9.84. The zero-order valence-corrected chi connectivity index (χ0v) is 19.3. The van der Waals surface area contributed by atoms with Gasteiger partial charge in [0.25, 0.3) is 0 Å². The first-order valence-corrected chi connectivity index (χ1v) is 11.2. The number of benzene rings is 1. The summed E-state index contributed by atoms with van der Waals surface area (Å²) in [4.78, 5) is 17.9. The second-order valence-corrected chi connectivity index (χ2v) is 9.04. The molecular weight excluding hydrogens is 374 g/mol. The molecule has 0 N–H and O–H groups in total. The molecule has 4 nitrogen and oxygen atoms in total. The summed E-state index contributed by atoms with van der Waals surface area (Å²) in [7, 11) is 0. The van der Waals surface area contributed by atoms with Crippen molar-refractivity contribution in [1.82, 2.24) is 4.98 Å². The first-order valence-electron chi connectivity index (χ1n) is 11.2. The molecule has 1 atom stereocenters. The highest BCUT2D eigenvalue weighted by Crippen LogP contribution is 2.41. The van der Waals surface area contributed by atoms with E-state index in [4.69, 9.17) is 14.5 Å². The number of fused-ring (bicyclic) bond motifs is 1. The minimum Gasteiger partial charge on any atom is -0.464 e. The molecule has 0 radical (unpaired) electrons. The Morgan fingerprint density at radius 3 is 2.57 bits per heavy atom. The molecule has 0 amide bonds. The van der Waals surface area contributed by atoms with Crippen LogP contribution in [0.15, 0.2) is 24.3 Å². The molecule has 0 fully saturated rings. The number of aryl methyl sites for hydroxylation is 2. The number of nitrogens with zero attached hydrogens (tertiary/aromatic N) is 1. The number of carbonyl (C=O) groups excluding carboxylic acids is 1. The SMILES string of the molecule is CCOC(=O)[C@@H](OC(C)(C)C)c1c(C)cc2nc(CC)ccc2c1C1=CCCCC1. The summed E-state index contributed by atoms with van der Waals surface area (Å²) >= 11 is 0. The third-order valence-corrected chi connectivity index (χ3v) is 5.51. The molecule has 3 rings (SSSR count). The number of esters is 1. The summed E-state index contributed by atoms with van der Waals surface area (Å²) in [5.41, 5.74) is 5.93. The molecule has 1 heterocycles. The lowest BCUT2D eigenvalue weighted by molar-refractivity contribution is -0.166. The van der Waals surface area contributed by atoms with Gasteiger partial charge >= 0.3 is 5.97 Å². The van der Waals surface area contributed by atoms with Crippen molar-refractivity contribution in [3.05, 3.63) is 46.7 Å². The van der Waals surface area contributed by atoms with Crippen LogP contribution in [0.3, 0.4) is 0 Å². The number of aromatic nitrogens is 1. The first kappa shape index (κ1) is 22.5. The standard InChI is InChI=1S/C26H35NO3/c1-7-19-14-15-20-21(27-19)16-17(3)22(23(20)18-12-10-9-11-13-18)24(25(28)29-8-2)30-26(4,5)6/h12,14-16,24H,7-11,13H2,1-6H3/t24-/m0/s1. The Bertz CT molecular complexity index is 953. The van der Waals surface area contributed by atoms with Gasteiger partial charge in [-0.2, -0.15) is 0 Å². The molecule has 0 saturated carbocycles. The monoisotopic (exact) mass is 409 g/mol. The topological polar surface area (TPSA) is 48.4 Å². The van der Waals surface area contributed by atoms with Gasteiger partial charge in [0.05, 0.1) is 17.7 Å². The van der Waals surface area contributed by atoms with Crippen molar-refractivity contribution in [2.45, 2.75) is 85.4 Å². The molecule has 0 bridgehead atoms. The Hall–Kier alpha value is -2.20. The number of carbonyl (C=O) groups is 1. The number of hydrogen-bond acceptors (Lipinski definition) is 4. The molecule has 0 saturated heterocycles. The third kappa shape index (κ3) is 4.92. The van der Waals surface area contributed by atoms with Crippen molar-refractivity contribution in [2.75, 3.05) is 6.61 Å². The quantitative estimate of drug-likeness (QED) is 0.512. The van der Waals surface area contributed by atoms with Crippen LogP contribution in [0.4, 0.5) is 0 Å². The van der Waals surface area contributed by atoms with Crippen LogP contribution in [-0.2, 0) is 20.7 Å². The first-order chi connectivity index (χ1) is 14.2. The van der Waals surface area contributed by atoms with Crippen LogP contribution in [0.5, 0.6) is 0 Å². The van der Waals surface area contributed by atoms with Crippen LogP contribution in [0.1, 0.15) is 88.8 Å². The summed E-state index contributed by atoms with van der Waals surface area (Å²) < 4.78 is 11.8. The molecule has 0 unspecified atom stereocenters. The number of ether oxygens (including phenoxy) is 2. The average molecular weight is 410 g/mol. The van der Waals surface area contributed by atoms with E-state index < -0.39 is 11.7 Å². The van der Waals surface area contributed by atoms with Crippen LogP contribution in [0.25, 0.3) is 16.5 Å². The van der Waals surface area contributed by atoms with Crippen molar-refractivity contribution in [1.29, 1.82) is 0 Å². The summed E-state index contributed by atoms with van der Waals surface area (Å²) in [5.74, 6) is -0.328. The highest BCUT2D eigenvalue weighted by atomic mass is 16.6. The highest BCUT2D eigenvalue weighted by molar-refractivity contribution is 5.96. The van der Waals surface area contributed by atoms with E-state index in [-0.39, 0.29) is 5.97 Å². The van der Waals surface area contributed by atoms with Gasteiger partial charge in [0, 0.05) is 16.6 Å². The van der Waals surface area contributed by atoms with E-state index in [1.54, 1.807) is 0 Å². The van der Waals surface area contributed by atoms with Crippen molar-refractivity contribution in [3.63, 3.8) is 0 Å². The maximum atomic E-state index is 13.1. The molecular formula is C26H35NO3. The molecule has 1 aromatic carbocycles. The fraction of sp³-hybridized carbons (Fsp3) is 0.538. The Morgan fingerprint density at radius 2 is 1.97 bits per heavy atom. The van der Waals surface area contributed by atoms with E-state index in [1.165, 1.54) is 12.0 Å². The van der Waals surface area contributed by atoms with Gasteiger partial charge in [0.2, 0.25) is 0 Å². The number of hydrogen-bond donors (Lipinski definition) is 0. The maximum absolute atomic E-state index is 13.1. The lowest BCUT2D eigenvalue weighted by Gasteiger charge is -2.30. The number of rotatable bonds is 6. The molecule has 2 aromatic rings. The van der Waals surface area contributed by atoms with E-state index in [2.05, 4.69) is 38.1 Å². The molecule has 4 heteroatoms. The van der Waals surface area contributed by atoms with E-state index >= 15 is 0 Å². The zero-order valence-electron chi connectivity index (χ0n) is 19.3. The third-order valence-electron chi connectivity index (χ3n) is 5.51. The van der Waals surface area contributed by atoms with Crippen molar-refractivity contribution < 1.29 is 14.3 Å². The van der Waals surface area contributed by atoms with Gasteiger partial charge in [-0.15, -0.1) is 0 Å². The van der Waals surface area contributed by atoms with Gasteiger partial charge in [0.1, 0.15) is 0 Å². The van der Waals surface area contributed by atoms with E-state index in [1.807, 2.05) is 27.7 Å². The second-order valence-electron chi connectivity index (χ2n) is 9.04.